The Morgan fingerprint density at radius 1 is 1.19 bits per heavy atom. The van der Waals surface area contributed by atoms with Crippen LogP contribution in [0.4, 0.5) is 23.2 Å². The predicted octanol–water partition coefficient (Wildman–Crippen LogP) is 3.69. The molecule has 0 amide bonds. The van der Waals surface area contributed by atoms with E-state index in [0.717, 1.165) is 0 Å². The zero-order valence-electron chi connectivity index (χ0n) is 8.11. The molecule has 0 radical (unpaired) electrons. The van der Waals surface area contributed by atoms with Crippen molar-refractivity contribution in [1.29, 1.82) is 0 Å². The van der Waals surface area contributed by atoms with Crippen LogP contribution in [-0.4, -0.2) is 18.0 Å². The van der Waals surface area contributed by atoms with Gasteiger partial charge in [-0.05, 0) is 12.1 Å². The molecule has 1 rings (SSSR count). The first-order chi connectivity index (χ1) is 7.28. The van der Waals surface area contributed by atoms with Crippen molar-refractivity contribution in [1.82, 2.24) is 0 Å². The van der Waals surface area contributed by atoms with Crippen molar-refractivity contribution in [3.05, 3.63) is 24.3 Å². The minimum absolute atomic E-state index is 0.193. The molecule has 0 aliphatic carbocycles. The summed E-state index contributed by atoms with van der Waals surface area (Å²) in [6.07, 6.45) is -4.63. The summed E-state index contributed by atoms with van der Waals surface area (Å²) < 4.78 is 54.7. The lowest BCUT2D eigenvalue weighted by Crippen LogP contribution is -2.40. The van der Waals surface area contributed by atoms with Gasteiger partial charge < -0.3 is 10.1 Å². The summed E-state index contributed by atoms with van der Waals surface area (Å²) >= 11 is 1.58. The van der Waals surface area contributed by atoms with Crippen molar-refractivity contribution in [2.45, 2.75) is 10.9 Å². The highest BCUT2D eigenvalue weighted by molar-refractivity contribution is 9.10. The number of alkyl halides is 5. The average molecular weight is 302 g/mol. The molecule has 0 aliphatic rings. The number of hydrogen-bond acceptors (Lipinski definition) is 2. The van der Waals surface area contributed by atoms with Crippen LogP contribution in [0.3, 0.4) is 0 Å². The first-order valence-electron chi connectivity index (χ1n) is 4.18. The van der Waals surface area contributed by atoms with E-state index in [2.05, 4.69) is 10.1 Å². The SMILES string of the molecule is CNc1ccccc1OC(F)(F)C(F)(F)Br. The number of halogens is 5. The fourth-order valence-electron chi connectivity index (χ4n) is 0.958. The van der Waals surface area contributed by atoms with E-state index in [1.54, 1.807) is 22.0 Å². The third kappa shape index (κ3) is 2.78. The normalized spacial score (nSPS) is 12.4. The Hall–Kier alpha value is -0.980. The van der Waals surface area contributed by atoms with Gasteiger partial charge in [0.1, 0.15) is 5.75 Å². The Kier molecular flexibility index (Phi) is 3.67. The summed E-state index contributed by atoms with van der Waals surface area (Å²) in [7, 11) is 1.46. The topological polar surface area (TPSA) is 21.3 Å². The number of para-hydroxylation sites is 2. The van der Waals surface area contributed by atoms with E-state index >= 15 is 0 Å². The van der Waals surface area contributed by atoms with Gasteiger partial charge >= 0.3 is 10.9 Å². The zero-order chi connectivity index (χ0) is 12.4. The molecule has 0 aromatic heterocycles. The number of rotatable bonds is 4. The second-order valence-corrected chi connectivity index (χ2v) is 3.86. The molecule has 0 aliphatic heterocycles. The minimum atomic E-state index is -4.63. The van der Waals surface area contributed by atoms with E-state index in [1.807, 2.05) is 0 Å². The standard InChI is InChI=1S/C9H8BrF4NO/c1-15-6-4-2-3-5-7(6)16-9(13,14)8(10,11)12/h2-5,15H,1H3. The van der Waals surface area contributed by atoms with Gasteiger partial charge in [-0.1, -0.05) is 12.1 Å². The van der Waals surface area contributed by atoms with Gasteiger partial charge in [-0.2, -0.15) is 17.6 Å². The van der Waals surface area contributed by atoms with Crippen molar-refractivity contribution in [2.24, 2.45) is 0 Å². The molecule has 0 atom stereocenters. The Morgan fingerprint density at radius 3 is 2.25 bits per heavy atom. The maximum atomic E-state index is 12.9. The lowest BCUT2D eigenvalue weighted by Gasteiger charge is -2.23. The summed E-state index contributed by atoms with van der Waals surface area (Å²) in [5.74, 6) is -0.353. The molecule has 0 fully saturated rings. The summed E-state index contributed by atoms with van der Waals surface area (Å²) in [4.78, 5) is -4.43. The molecule has 7 heteroatoms. The molecule has 0 heterocycles. The van der Waals surface area contributed by atoms with E-state index in [4.69, 9.17) is 0 Å². The minimum Gasteiger partial charge on any atom is -0.425 e. The Labute approximate surface area is 97.7 Å². The molecule has 0 saturated heterocycles. The van der Waals surface area contributed by atoms with E-state index in [0.29, 0.717) is 0 Å². The zero-order valence-corrected chi connectivity index (χ0v) is 9.69. The predicted molar refractivity (Wildman–Crippen MR) is 55.4 cm³/mol. The van der Waals surface area contributed by atoms with Crippen molar-refractivity contribution in [3.63, 3.8) is 0 Å². The molecule has 0 unspecified atom stereocenters. The van der Waals surface area contributed by atoms with Crippen LogP contribution in [0.15, 0.2) is 24.3 Å². The molecule has 1 aromatic rings. The smallest absolute Gasteiger partial charge is 0.425 e. The highest BCUT2D eigenvalue weighted by Gasteiger charge is 2.58. The van der Waals surface area contributed by atoms with Gasteiger partial charge in [-0.25, -0.2) is 0 Å². The molecule has 2 nitrogen and oxygen atoms in total. The molecule has 0 spiro atoms. The monoisotopic (exact) mass is 301 g/mol. The summed E-state index contributed by atoms with van der Waals surface area (Å²) in [6, 6.07) is 5.55. The van der Waals surface area contributed by atoms with E-state index in [-0.39, 0.29) is 11.4 Å². The van der Waals surface area contributed by atoms with Crippen LogP contribution in [-0.2, 0) is 0 Å². The molecule has 0 saturated carbocycles. The van der Waals surface area contributed by atoms with Crippen LogP contribution in [0.25, 0.3) is 0 Å². The van der Waals surface area contributed by atoms with Gasteiger partial charge in [0, 0.05) is 23.0 Å². The summed E-state index contributed by atoms with van der Waals surface area (Å²) in [5, 5.41) is 2.55. The molecular weight excluding hydrogens is 294 g/mol. The quantitative estimate of drug-likeness (QED) is 0.676. The van der Waals surface area contributed by atoms with Gasteiger partial charge in [-0.15, -0.1) is 0 Å². The Balaban J connectivity index is 2.96. The van der Waals surface area contributed by atoms with Gasteiger partial charge in [0.05, 0.1) is 5.69 Å². The average Bonchev–Trinajstić information content (AvgIpc) is 2.16. The van der Waals surface area contributed by atoms with Crippen LogP contribution >= 0.6 is 15.9 Å². The Bertz CT molecular complexity index is 367. The largest absolute Gasteiger partial charge is 0.475 e. The van der Waals surface area contributed by atoms with Crippen LogP contribution in [0, 0.1) is 0 Å². The molecule has 90 valence electrons. The number of ether oxygens (including phenoxy) is 1. The highest BCUT2D eigenvalue weighted by atomic mass is 79.9. The fraction of sp³-hybridized carbons (Fsp3) is 0.333. The number of nitrogens with one attached hydrogen (secondary N) is 1. The molecule has 16 heavy (non-hydrogen) atoms. The summed E-state index contributed by atoms with van der Waals surface area (Å²) in [5.41, 5.74) is 0.193. The van der Waals surface area contributed by atoms with Crippen LogP contribution < -0.4 is 10.1 Å². The lowest BCUT2D eigenvalue weighted by atomic mass is 10.3. The second-order valence-electron chi connectivity index (χ2n) is 2.86. The fourth-order valence-corrected chi connectivity index (χ4v) is 1.04. The highest BCUT2D eigenvalue weighted by Crippen LogP contribution is 2.42. The van der Waals surface area contributed by atoms with E-state index in [1.165, 1.54) is 25.2 Å². The maximum Gasteiger partial charge on any atom is 0.475 e. The van der Waals surface area contributed by atoms with Crippen LogP contribution in [0.5, 0.6) is 5.75 Å². The third-order valence-electron chi connectivity index (χ3n) is 1.72. The molecule has 1 aromatic carbocycles. The molecule has 0 bridgehead atoms. The van der Waals surface area contributed by atoms with Crippen LogP contribution in [0.1, 0.15) is 0 Å². The van der Waals surface area contributed by atoms with E-state index in [9.17, 15) is 17.6 Å². The number of anilines is 1. The van der Waals surface area contributed by atoms with Crippen LogP contribution in [0.2, 0.25) is 0 Å². The number of benzene rings is 1. The molecular formula is C9H8BrF4NO. The number of hydrogen-bond donors (Lipinski definition) is 1. The maximum absolute atomic E-state index is 12.9. The van der Waals surface area contributed by atoms with E-state index < -0.39 is 10.9 Å². The molecule has 1 N–H and O–H groups in total. The van der Waals surface area contributed by atoms with Crippen molar-refractivity contribution in [3.8, 4) is 5.75 Å². The van der Waals surface area contributed by atoms with Gasteiger partial charge in [0.2, 0.25) is 0 Å². The summed E-state index contributed by atoms with van der Waals surface area (Å²) in [6.45, 7) is 0. The van der Waals surface area contributed by atoms with Crippen molar-refractivity contribution < 1.29 is 22.3 Å². The third-order valence-corrected chi connectivity index (χ3v) is 2.19. The first-order valence-corrected chi connectivity index (χ1v) is 4.97. The van der Waals surface area contributed by atoms with Crippen molar-refractivity contribution >= 4 is 21.6 Å². The van der Waals surface area contributed by atoms with Gasteiger partial charge in [0.15, 0.2) is 0 Å². The second kappa shape index (κ2) is 4.48. The lowest BCUT2D eigenvalue weighted by molar-refractivity contribution is -0.266. The Morgan fingerprint density at radius 2 is 1.75 bits per heavy atom. The van der Waals surface area contributed by atoms with Gasteiger partial charge in [-0.3, -0.25) is 0 Å². The van der Waals surface area contributed by atoms with Crippen molar-refractivity contribution in [2.75, 3.05) is 12.4 Å². The van der Waals surface area contributed by atoms with Gasteiger partial charge in [0.25, 0.3) is 0 Å². The first kappa shape index (κ1) is 13.1.